The van der Waals surface area contributed by atoms with Gasteiger partial charge in [0.2, 0.25) is 0 Å². The summed E-state index contributed by atoms with van der Waals surface area (Å²) in [5.41, 5.74) is 0.675. The molecule has 0 aromatic carbocycles. The number of nitrogens with one attached hydrogen (secondary N) is 1. The van der Waals surface area contributed by atoms with Crippen LogP contribution in [0.3, 0.4) is 0 Å². The van der Waals surface area contributed by atoms with Gasteiger partial charge in [0.1, 0.15) is 0 Å². The van der Waals surface area contributed by atoms with Crippen molar-refractivity contribution in [3.05, 3.63) is 12.2 Å². The van der Waals surface area contributed by atoms with E-state index in [-0.39, 0.29) is 28.5 Å². The molecule has 0 atom stereocenters. The molecule has 0 radical (unpaired) electrons. The van der Waals surface area contributed by atoms with Gasteiger partial charge in [-0.15, -0.1) is 17.0 Å². The quantitative estimate of drug-likeness (QED) is 0.0999. The maximum atomic E-state index is 11.3. The molecular formula is C26H52BrNO2. The Balaban J connectivity index is 0. The van der Waals surface area contributed by atoms with Gasteiger partial charge in [0.25, 0.3) is 0 Å². The van der Waals surface area contributed by atoms with Crippen molar-refractivity contribution >= 4 is 23.0 Å². The molecule has 0 saturated heterocycles. The standard InChI is InChI=1S/C26H51NO2.BrH/c1-6-7-8-9-10-11-12-13-14-15-16-17-18-21-26(4,5)27-22-19-20-23-29-25(28)24(2)3;/h27H,2,6-23H2,1,3-5H3;1H. The third-order valence-electron chi connectivity index (χ3n) is 5.66. The van der Waals surface area contributed by atoms with Crippen molar-refractivity contribution in [1.29, 1.82) is 0 Å². The lowest BCUT2D eigenvalue weighted by molar-refractivity contribution is -0.139. The van der Waals surface area contributed by atoms with Crippen molar-refractivity contribution in [2.24, 2.45) is 0 Å². The first-order valence-corrected chi connectivity index (χ1v) is 12.5. The smallest absolute Gasteiger partial charge is 0.333 e. The monoisotopic (exact) mass is 489 g/mol. The van der Waals surface area contributed by atoms with Crippen molar-refractivity contribution in [2.45, 2.75) is 136 Å². The van der Waals surface area contributed by atoms with Crippen LogP contribution in [0.2, 0.25) is 0 Å². The molecule has 0 spiro atoms. The molecule has 0 aliphatic rings. The second-order valence-electron chi connectivity index (χ2n) is 9.43. The minimum atomic E-state index is -0.277. The average Bonchev–Trinajstić information content (AvgIpc) is 2.67. The number of carbonyl (C=O) groups is 1. The van der Waals surface area contributed by atoms with Crippen molar-refractivity contribution < 1.29 is 9.53 Å². The zero-order valence-corrected chi connectivity index (χ0v) is 22.4. The third kappa shape index (κ3) is 22.3. The molecule has 0 saturated carbocycles. The number of ether oxygens (including phenoxy) is 1. The van der Waals surface area contributed by atoms with Gasteiger partial charge >= 0.3 is 5.97 Å². The summed E-state index contributed by atoms with van der Waals surface area (Å²) in [6.07, 6.45) is 21.5. The molecule has 180 valence electrons. The van der Waals surface area contributed by atoms with Crippen molar-refractivity contribution in [2.75, 3.05) is 13.2 Å². The summed E-state index contributed by atoms with van der Waals surface area (Å²) in [7, 11) is 0. The molecule has 30 heavy (non-hydrogen) atoms. The largest absolute Gasteiger partial charge is 0.462 e. The molecule has 0 unspecified atom stereocenters. The van der Waals surface area contributed by atoms with Crippen LogP contribution in [0.4, 0.5) is 0 Å². The third-order valence-corrected chi connectivity index (χ3v) is 5.66. The van der Waals surface area contributed by atoms with Gasteiger partial charge in [-0.25, -0.2) is 4.79 Å². The fourth-order valence-corrected chi connectivity index (χ4v) is 3.62. The number of esters is 1. The fraction of sp³-hybridized carbons (Fsp3) is 0.885. The van der Waals surface area contributed by atoms with Crippen LogP contribution < -0.4 is 5.32 Å². The van der Waals surface area contributed by atoms with Crippen molar-refractivity contribution in [1.82, 2.24) is 5.32 Å². The molecule has 0 fully saturated rings. The zero-order chi connectivity index (χ0) is 21.8. The second kappa shape index (κ2) is 21.9. The van der Waals surface area contributed by atoms with E-state index in [0.717, 1.165) is 19.4 Å². The van der Waals surface area contributed by atoms with Gasteiger partial charge in [-0.1, -0.05) is 97.0 Å². The Labute approximate surface area is 199 Å². The minimum Gasteiger partial charge on any atom is -0.462 e. The van der Waals surface area contributed by atoms with E-state index in [4.69, 9.17) is 4.74 Å². The van der Waals surface area contributed by atoms with Crippen LogP contribution in [0.1, 0.15) is 130 Å². The molecule has 4 heteroatoms. The normalized spacial score (nSPS) is 11.2. The van der Waals surface area contributed by atoms with E-state index in [1.54, 1.807) is 6.92 Å². The number of hydrogen-bond acceptors (Lipinski definition) is 3. The SMILES string of the molecule is Br.C=C(C)C(=O)OCCCCNC(C)(C)CCCCCCCCCCCCCCC. The van der Waals surface area contributed by atoms with E-state index >= 15 is 0 Å². The molecular weight excluding hydrogens is 438 g/mol. The van der Waals surface area contributed by atoms with Gasteiger partial charge < -0.3 is 10.1 Å². The maximum Gasteiger partial charge on any atom is 0.333 e. The van der Waals surface area contributed by atoms with Crippen LogP contribution in [0.25, 0.3) is 0 Å². The molecule has 1 N–H and O–H groups in total. The molecule has 3 nitrogen and oxygen atoms in total. The molecule has 0 bridgehead atoms. The van der Waals surface area contributed by atoms with Gasteiger partial charge in [0.05, 0.1) is 6.61 Å². The van der Waals surface area contributed by atoms with Crippen LogP contribution in [0.5, 0.6) is 0 Å². The van der Waals surface area contributed by atoms with Gasteiger partial charge in [0.15, 0.2) is 0 Å². The Kier molecular flexibility index (Phi) is 23.2. The topological polar surface area (TPSA) is 38.3 Å². The van der Waals surface area contributed by atoms with Crippen LogP contribution in [0.15, 0.2) is 12.2 Å². The number of hydrogen-bond donors (Lipinski definition) is 1. The van der Waals surface area contributed by atoms with Gasteiger partial charge in [-0.05, 0) is 46.6 Å². The lowest BCUT2D eigenvalue weighted by atomic mass is 9.95. The lowest BCUT2D eigenvalue weighted by Gasteiger charge is -2.26. The molecule has 0 aromatic rings. The van der Waals surface area contributed by atoms with E-state index in [9.17, 15) is 4.79 Å². The summed E-state index contributed by atoms with van der Waals surface area (Å²) in [6, 6.07) is 0. The predicted molar refractivity (Wildman–Crippen MR) is 138 cm³/mol. The Morgan fingerprint density at radius 2 is 1.27 bits per heavy atom. The van der Waals surface area contributed by atoms with Crippen molar-refractivity contribution in [3.63, 3.8) is 0 Å². The van der Waals surface area contributed by atoms with Gasteiger partial charge in [-0.2, -0.15) is 0 Å². The second-order valence-corrected chi connectivity index (χ2v) is 9.43. The Bertz CT molecular complexity index is 410. The number of unbranched alkanes of at least 4 members (excludes halogenated alkanes) is 13. The van der Waals surface area contributed by atoms with Crippen LogP contribution >= 0.6 is 17.0 Å². The highest BCUT2D eigenvalue weighted by atomic mass is 79.9. The molecule has 0 rings (SSSR count). The fourth-order valence-electron chi connectivity index (χ4n) is 3.62. The Morgan fingerprint density at radius 1 is 0.800 bits per heavy atom. The van der Waals surface area contributed by atoms with Gasteiger partial charge in [0, 0.05) is 11.1 Å². The molecule has 0 aliphatic carbocycles. The van der Waals surface area contributed by atoms with Crippen LogP contribution in [-0.4, -0.2) is 24.7 Å². The lowest BCUT2D eigenvalue weighted by Crippen LogP contribution is -2.39. The summed E-state index contributed by atoms with van der Waals surface area (Å²) in [4.78, 5) is 11.3. The highest BCUT2D eigenvalue weighted by Gasteiger charge is 2.15. The predicted octanol–water partition coefficient (Wildman–Crippen LogP) is 8.31. The first-order chi connectivity index (χ1) is 13.9. The van der Waals surface area contributed by atoms with E-state index < -0.39 is 0 Å². The first-order valence-electron chi connectivity index (χ1n) is 12.5. The van der Waals surface area contributed by atoms with Crippen LogP contribution in [-0.2, 0) is 9.53 Å². The average molecular weight is 491 g/mol. The van der Waals surface area contributed by atoms with E-state index in [0.29, 0.717) is 12.2 Å². The van der Waals surface area contributed by atoms with Gasteiger partial charge in [-0.3, -0.25) is 0 Å². The molecule has 0 aromatic heterocycles. The zero-order valence-electron chi connectivity index (χ0n) is 20.7. The highest BCUT2D eigenvalue weighted by molar-refractivity contribution is 8.93. The highest BCUT2D eigenvalue weighted by Crippen LogP contribution is 2.17. The van der Waals surface area contributed by atoms with E-state index in [2.05, 4.69) is 32.7 Å². The summed E-state index contributed by atoms with van der Waals surface area (Å²) in [5, 5.41) is 3.66. The summed E-state index contributed by atoms with van der Waals surface area (Å²) >= 11 is 0. The minimum absolute atomic E-state index is 0. The number of carbonyl (C=O) groups excluding carboxylic acids is 1. The molecule has 0 heterocycles. The summed E-state index contributed by atoms with van der Waals surface area (Å²) < 4.78 is 5.12. The number of rotatable bonds is 21. The number of halogens is 1. The summed E-state index contributed by atoms with van der Waals surface area (Å²) in [5.74, 6) is -0.277. The molecule has 0 aliphatic heterocycles. The Hall–Kier alpha value is -0.350. The molecule has 0 amide bonds. The Morgan fingerprint density at radius 3 is 1.73 bits per heavy atom. The van der Waals surface area contributed by atoms with E-state index in [1.165, 1.54) is 89.9 Å². The summed E-state index contributed by atoms with van der Waals surface area (Å²) in [6.45, 7) is 13.6. The van der Waals surface area contributed by atoms with Crippen LogP contribution in [0, 0.1) is 0 Å². The maximum absolute atomic E-state index is 11.3. The first kappa shape index (κ1) is 31.8. The van der Waals surface area contributed by atoms with E-state index in [1.807, 2.05) is 0 Å². The van der Waals surface area contributed by atoms with Crippen molar-refractivity contribution in [3.8, 4) is 0 Å².